The summed E-state index contributed by atoms with van der Waals surface area (Å²) in [5, 5.41) is 5.76. The fraction of sp³-hybridized carbons (Fsp3) is 0.136. The fourth-order valence-electron chi connectivity index (χ4n) is 2.93. The first-order chi connectivity index (χ1) is 15.0. The number of benzene rings is 2. The number of thioether (sulfide) groups is 1. The Labute approximate surface area is 191 Å². The highest BCUT2D eigenvalue weighted by Gasteiger charge is 2.15. The smallest absolute Gasteiger partial charge is 0.276 e. The number of rotatable bonds is 7. The lowest BCUT2D eigenvalue weighted by molar-refractivity contribution is -0.118. The molecule has 0 saturated heterocycles. The molecule has 0 radical (unpaired) electrons. The summed E-state index contributed by atoms with van der Waals surface area (Å²) in [6, 6.07) is 16.3. The minimum atomic E-state index is -0.163. The van der Waals surface area contributed by atoms with E-state index < -0.39 is 0 Å². The predicted molar refractivity (Wildman–Crippen MR) is 126 cm³/mol. The van der Waals surface area contributed by atoms with Crippen molar-refractivity contribution >= 4 is 50.8 Å². The summed E-state index contributed by atoms with van der Waals surface area (Å²) in [4.78, 5) is 30.1. The van der Waals surface area contributed by atoms with E-state index in [2.05, 4.69) is 10.3 Å². The second-order valence-corrected chi connectivity index (χ2v) is 8.85. The Kier molecular flexibility index (Phi) is 6.60. The summed E-state index contributed by atoms with van der Waals surface area (Å²) < 4.78 is 7.24. The van der Waals surface area contributed by atoms with Gasteiger partial charge in [-0.05, 0) is 53.4 Å². The van der Waals surface area contributed by atoms with Crippen LogP contribution in [0.1, 0.15) is 5.56 Å². The third-order valence-corrected chi connectivity index (χ3v) is 6.60. The van der Waals surface area contributed by atoms with Crippen molar-refractivity contribution in [1.29, 1.82) is 0 Å². The molecule has 0 unspecified atom stereocenters. The number of carbonyl (C=O) groups excluding carboxylic acids is 1. The van der Waals surface area contributed by atoms with Crippen molar-refractivity contribution in [2.45, 2.75) is 11.7 Å². The molecule has 1 amide bonds. The Morgan fingerprint density at radius 2 is 1.90 bits per heavy atom. The van der Waals surface area contributed by atoms with E-state index in [1.807, 2.05) is 29.6 Å². The highest BCUT2D eigenvalue weighted by atomic mass is 35.5. The average molecular weight is 472 g/mol. The lowest BCUT2D eigenvalue weighted by Gasteiger charge is -2.12. The summed E-state index contributed by atoms with van der Waals surface area (Å²) in [6.07, 6.45) is 0. The highest BCUT2D eigenvalue weighted by Crippen LogP contribution is 2.24. The van der Waals surface area contributed by atoms with E-state index in [0.29, 0.717) is 32.6 Å². The number of halogens is 1. The maximum Gasteiger partial charge on any atom is 0.276 e. The van der Waals surface area contributed by atoms with E-state index in [4.69, 9.17) is 16.3 Å². The van der Waals surface area contributed by atoms with E-state index in [1.54, 1.807) is 37.4 Å². The molecule has 4 rings (SSSR count). The summed E-state index contributed by atoms with van der Waals surface area (Å²) in [7, 11) is 1.61. The number of hydrogen-bond acceptors (Lipinski definition) is 6. The van der Waals surface area contributed by atoms with Crippen molar-refractivity contribution < 1.29 is 9.53 Å². The van der Waals surface area contributed by atoms with Gasteiger partial charge in [0.25, 0.3) is 5.56 Å². The maximum atomic E-state index is 13.1. The van der Waals surface area contributed by atoms with Crippen LogP contribution < -0.4 is 15.6 Å². The lowest BCUT2D eigenvalue weighted by Crippen LogP contribution is -2.26. The molecule has 1 N–H and O–H groups in total. The zero-order chi connectivity index (χ0) is 21.8. The van der Waals surface area contributed by atoms with Crippen LogP contribution in [0, 0.1) is 0 Å². The number of hydrogen-bond donors (Lipinski definition) is 1. The van der Waals surface area contributed by atoms with Crippen LogP contribution in [0.15, 0.2) is 69.9 Å². The number of methoxy groups -OCH3 is 1. The minimum absolute atomic E-state index is 0.131. The fourth-order valence-corrected chi connectivity index (χ4v) is 4.66. The number of carbonyl (C=O) groups is 1. The van der Waals surface area contributed by atoms with Gasteiger partial charge in [-0.3, -0.25) is 14.2 Å². The van der Waals surface area contributed by atoms with Gasteiger partial charge in [-0.1, -0.05) is 35.5 Å². The molecule has 9 heteroatoms. The molecule has 0 fully saturated rings. The average Bonchev–Trinajstić information content (AvgIpc) is 3.26. The summed E-state index contributed by atoms with van der Waals surface area (Å²) >= 11 is 8.56. The van der Waals surface area contributed by atoms with E-state index in [9.17, 15) is 9.59 Å². The van der Waals surface area contributed by atoms with Crippen molar-refractivity contribution in [3.8, 4) is 11.4 Å². The molecule has 0 aliphatic rings. The van der Waals surface area contributed by atoms with Crippen LogP contribution in [0.2, 0.25) is 5.02 Å². The number of aromatic nitrogens is 2. The van der Waals surface area contributed by atoms with E-state index in [-0.39, 0.29) is 17.2 Å². The highest BCUT2D eigenvalue weighted by molar-refractivity contribution is 7.99. The molecule has 6 nitrogen and oxygen atoms in total. The van der Waals surface area contributed by atoms with Gasteiger partial charge in [-0.25, -0.2) is 4.98 Å². The zero-order valence-electron chi connectivity index (χ0n) is 16.5. The second kappa shape index (κ2) is 9.55. The minimum Gasteiger partial charge on any atom is -0.497 e. The number of nitrogens with zero attached hydrogens (tertiary/aromatic N) is 2. The molecule has 2 aromatic carbocycles. The predicted octanol–water partition coefficient (Wildman–Crippen LogP) is 4.52. The van der Waals surface area contributed by atoms with Gasteiger partial charge in [-0.15, -0.1) is 11.3 Å². The lowest BCUT2D eigenvalue weighted by atomic mass is 10.2. The molecule has 0 aliphatic heterocycles. The summed E-state index contributed by atoms with van der Waals surface area (Å²) in [6.45, 7) is 0.407. The Morgan fingerprint density at radius 1 is 1.16 bits per heavy atom. The Balaban J connectivity index is 1.52. The Morgan fingerprint density at radius 3 is 2.61 bits per heavy atom. The third kappa shape index (κ3) is 4.92. The van der Waals surface area contributed by atoms with Gasteiger partial charge in [-0.2, -0.15) is 0 Å². The maximum absolute atomic E-state index is 13.1. The van der Waals surface area contributed by atoms with Crippen LogP contribution in [0.3, 0.4) is 0 Å². The van der Waals surface area contributed by atoms with Crippen molar-refractivity contribution in [3.63, 3.8) is 0 Å². The number of fused-ring (bicyclic) bond motifs is 1. The quantitative estimate of drug-likeness (QED) is 0.317. The molecule has 4 aromatic rings. The number of amides is 1. The largest absolute Gasteiger partial charge is 0.497 e. The van der Waals surface area contributed by atoms with Gasteiger partial charge in [0, 0.05) is 11.6 Å². The first kappa shape index (κ1) is 21.4. The van der Waals surface area contributed by atoms with Gasteiger partial charge in [0.2, 0.25) is 5.91 Å². The zero-order valence-corrected chi connectivity index (χ0v) is 18.9. The van der Waals surface area contributed by atoms with Gasteiger partial charge in [0.05, 0.1) is 24.1 Å². The Bertz CT molecular complexity index is 1270. The summed E-state index contributed by atoms with van der Waals surface area (Å²) in [5.41, 5.74) is 2.08. The number of nitrogens with one attached hydrogen (secondary N) is 1. The standard InChI is InChI=1S/C22H18ClN3O3S2/c1-29-17-8-2-14(3-9-17)12-24-19(27)13-31-22-25-18-10-11-30-20(18)21(28)26(22)16-6-4-15(23)5-7-16/h2-11H,12-13H2,1H3,(H,24,27). The molecule has 2 aromatic heterocycles. The van der Waals surface area contributed by atoms with Gasteiger partial charge in [0.1, 0.15) is 10.4 Å². The molecule has 0 saturated carbocycles. The van der Waals surface area contributed by atoms with E-state index in [1.165, 1.54) is 27.7 Å². The van der Waals surface area contributed by atoms with Gasteiger partial charge < -0.3 is 10.1 Å². The van der Waals surface area contributed by atoms with Crippen molar-refractivity contribution in [3.05, 3.63) is 80.9 Å². The SMILES string of the molecule is COc1ccc(CNC(=O)CSc2nc3ccsc3c(=O)n2-c2ccc(Cl)cc2)cc1. The molecule has 2 heterocycles. The summed E-state index contributed by atoms with van der Waals surface area (Å²) in [5.74, 6) is 0.745. The van der Waals surface area contributed by atoms with Crippen molar-refractivity contribution in [2.24, 2.45) is 0 Å². The Hall–Kier alpha value is -2.81. The van der Waals surface area contributed by atoms with Crippen LogP contribution in [0.25, 0.3) is 15.9 Å². The van der Waals surface area contributed by atoms with Crippen LogP contribution in [-0.2, 0) is 11.3 Å². The van der Waals surface area contributed by atoms with Crippen LogP contribution in [-0.4, -0.2) is 28.3 Å². The first-order valence-electron chi connectivity index (χ1n) is 9.34. The second-order valence-electron chi connectivity index (χ2n) is 6.56. The third-order valence-electron chi connectivity index (χ3n) is 4.52. The van der Waals surface area contributed by atoms with Gasteiger partial charge >= 0.3 is 0 Å². The first-order valence-corrected chi connectivity index (χ1v) is 11.6. The molecule has 158 valence electrons. The van der Waals surface area contributed by atoms with E-state index >= 15 is 0 Å². The van der Waals surface area contributed by atoms with Gasteiger partial charge in [0.15, 0.2) is 5.16 Å². The molecular weight excluding hydrogens is 454 g/mol. The molecule has 0 aliphatic carbocycles. The van der Waals surface area contributed by atoms with Crippen molar-refractivity contribution in [1.82, 2.24) is 14.9 Å². The van der Waals surface area contributed by atoms with Crippen LogP contribution >= 0.6 is 34.7 Å². The number of ether oxygens (including phenoxy) is 1. The van der Waals surface area contributed by atoms with Crippen LogP contribution in [0.5, 0.6) is 5.75 Å². The molecule has 0 bridgehead atoms. The molecule has 31 heavy (non-hydrogen) atoms. The van der Waals surface area contributed by atoms with Crippen molar-refractivity contribution in [2.75, 3.05) is 12.9 Å². The topological polar surface area (TPSA) is 73.2 Å². The molecule has 0 spiro atoms. The molecular formula is C22H18ClN3O3S2. The van der Waals surface area contributed by atoms with E-state index in [0.717, 1.165) is 11.3 Å². The van der Waals surface area contributed by atoms with Crippen LogP contribution in [0.4, 0.5) is 0 Å². The monoisotopic (exact) mass is 471 g/mol. The molecule has 0 atom stereocenters. The number of thiophene rings is 1. The normalized spacial score (nSPS) is 10.9.